The predicted octanol–water partition coefficient (Wildman–Crippen LogP) is 19.4. The van der Waals surface area contributed by atoms with Crippen molar-refractivity contribution in [2.24, 2.45) is 0 Å². The summed E-state index contributed by atoms with van der Waals surface area (Å²) in [6, 6.07) is -0.626. The lowest BCUT2D eigenvalue weighted by Crippen LogP contribution is -2.45. The molecule has 0 bridgehead atoms. The molecule has 0 aliphatic rings. The minimum atomic E-state index is -0.843. The van der Waals surface area contributed by atoms with Crippen molar-refractivity contribution >= 4 is 11.9 Å². The van der Waals surface area contributed by atoms with Crippen LogP contribution in [0.5, 0.6) is 0 Å². The van der Waals surface area contributed by atoms with Gasteiger partial charge >= 0.3 is 5.97 Å². The number of aliphatic hydroxyl groups excluding tert-OH is 2. The van der Waals surface area contributed by atoms with Gasteiger partial charge < -0.3 is 20.3 Å². The van der Waals surface area contributed by atoms with Gasteiger partial charge in [-0.25, -0.2) is 0 Å². The summed E-state index contributed by atoms with van der Waals surface area (Å²) in [4.78, 5) is 24.5. The Hall–Kier alpha value is -1.66. The zero-order valence-electron chi connectivity index (χ0n) is 46.6. The monoisotopic (exact) mass is 972 g/mol. The van der Waals surface area contributed by atoms with Crippen LogP contribution in [0.4, 0.5) is 0 Å². The maximum absolute atomic E-state index is 12.5. The van der Waals surface area contributed by atoms with Gasteiger partial charge in [0.15, 0.2) is 0 Å². The van der Waals surface area contributed by atoms with Crippen LogP contribution in [-0.2, 0) is 14.3 Å². The van der Waals surface area contributed by atoms with Crippen LogP contribution in [0.15, 0.2) is 24.3 Å². The number of esters is 1. The zero-order chi connectivity index (χ0) is 50.0. The first-order valence-electron chi connectivity index (χ1n) is 31.1. The molecule has 2 unspecified atom stereocenters. The summed E-state index contributed by atoms with van der Waals surface area (Å²) in [5.74, 6) is -0.0592. The molecule has 6 heteroatoms. The molecule has 1 amide bonds. The SMILES string of the molecule is CCCCCC/C=C\CCCCCCCC(=O)OCCCCCCCCCCCCCCCCCCCCCCCCCCC(=O)NC(CO)C(O)/C=C/CCCCCCCCCCCCCCC. The van der Waals surface area contributed by atoms with E-state index in [-0.39, 0.29) is 18.5 Å². The normalized spacial score (nSPS) is 12.7. The Bertz CT molecular complexity index is 1080. The lowest BCUT2D eigenvalue weighted by molar-refractivity contribution is -0.143. The molecule has 0 aliphatic carbocycles. The molecule has 0 heterocycles. The highest BCUT2D eigenvalue weighted by molar-refractivity contribution is 5.76. The Morgan fingerprint density at radius 3 is 1.04 bits per heavy atom. The van der Waals surface area contributed by atoms with Crippen molar-refractivity contribution in [1.29, 1.82) is 0 Å². The van der Waals surface area contributed by atoms with Crippen LogP contribution in [0.1, 0.15) is 341 Å². The number of ether oxygens (including phenoxy) is 1. The molecule has 0 radical (unpaired) electrons. The van der Waals surface area contributed by atoms with Crippen molar-refractivity contribution < 1.29 is 24.5 Å². The molecule has 0 aromatic carbocycles. The van der Waals surface area contributed by atoms with Crippen molar-refractivity contribution in [1.82, 2.24) is 5.32 Å². The van der Waals surface area contributed by atoms with Crippen LogP contribution in [0.3, 0.4) is 0 Å². The van der Waals surface area contributed by atoms with Crippen LogP contribution < -0.4 is 5.32 Å². The van der Waals surface area contributed by atoms with E-state index in [2.05, 4.69) is 31.3 Å². The number of amides is 1. The van der Waals surface area contributed by atoms with Crippen molar-refractivity contribution in [2.45, 2.75) is 353 Å². The van der Waals surface area contributed by atoms with Gasteiger partial charge in [0.1, 0.15) is 0 Å². The Morgan fingerprint density at radius 1 is 0.391 bits per heavy atom. The maximum Gasteiger partial charge on any atom is 0.305 e. The average molecular weight is 973 g/mol. The minimum absolute atomic E-state index is 0.00593. The van der Waals surface area contributed by atoms with Gasteiger partial charge in [0.2, 0.25) is 5.91 Å². The summed E-state index contributed by atoms with van der Waals surface area (Å²) in [6.07, 6.45) is 72.2. The second kappa shape index (κ2) is 58.9. The van der Waals surface area contributed by atoms with Gasteiger partial charge in [-0.15, -0.1) is 0 Å². The fourth-order valence-corrected chi connectivity index (χ4v) is 9.69. The van der Waals surface area contributed by atoms with E-state index < -0.39 is 12.1 Å². The van der Waals surface area contributed by atoms with E-state index in [1.54, 1.807) is 6.08 Å². The van der Waals surface area contributed by atoms with E-state index in [1.807, 2.05) is 6.08 Å². The van der Waals surface area contributed by atoms with E-state index in [4.69, 9.17) is 4.74 Å². The van der Waals surface area contributed by atoms with Crippen molar-refractivity contribution in [3.8, 4) is 0 Å². The van der Waals surface area contributed by atoms with Gasteiger partial charge in [-0.05, 0) is 57.8 Å². The third-order valence-corrected chi connectivity index (χ3v) is 14.5. The van der Waals surface area contributed by atoms with Crippen LogP contribution in [0, 0.1) is 0 Å². The Kier molecular flexibility index (Phi) is 57.5. The molecule has 0 aromatic rings. The summed E-state index contributed by atoms with van der Waals surface area (Å²) in [5.41, 5.74) is 0. The quantitative estimate of drug-likeness (QED) is 0.0321. The smallest absolute Gasteiger partial charge is 0.305 e. The number of rotatable bonds is 58. The Labute approximate surface area is 431 Å². The Balaban J connectivity index is 3.38. The average Bonchev–Trinajstić information content (AvgIpc) is 3.35. The predicted molar refractivity (Wildman–Crippen MR) is 301 cm³/mol. The van der Waals surface area contributed by atoms with Crippen molar-refractivity contribution in [3.05, 3.63) is 24.3 Å². The zero-order valence-corrected chi connectivity index (χ0v) is 46.6. The first-order valence-corrected chi connectivity index (χ1v) is 31.1. The first kappa shape index (κ1) is 67.3. The van der Waals surface area contributed by atoms with E-state index in [1.165, 1.54) is 270 Å². The highest BCUT2D eigenvalue weighted by Crippen LogP contribution is 2.18. The van der Waals surface area contributed by atoms with Crippen LogP contribution in [-0.4, -0.2) is 47.4 Å². The lowest BCUT2D eigenvalue weighted by atomic mass is 10.0. The standard InChI is InChI=1S/C63H121NO5/c1-3-5-7-9-11-13-15-17-28-32-35-39-43-47-51-55-61(66)60(59-65)64-62(67)56-52-48-44-40-36-33-29-26-24-22-20-18-19-21-23-25-27-30-34-38-42-46-50-54-58-69-63(68)57-53-49-45-41-37-31-16-14-12-10-8-6-4-2/h14,16,51,55,60-61,65-66H,3-13,15,17-50,52-54,56-59H2,1-2H3,(H,64,67)/b16-14-,55-51+. The molecule has 408 valence electrons. The minimum Gasteiger partial charge on any atom is -0.466 e. The molecule has 0 spiro atoms. The van der Waals surface area contributed by atoms with E-state index >= 15 is 0 Å². The molecular weight excluding hydrogens is 851 g/mol. The van der Waals surface area contributed by atoms with Crippen LogP contribution in [0.25, 0.3) is 0 Å². The number of hydrogen-bond donors (Lipinski definition) is 3. The third kappa shape index (κ3) is 55.5. The van der Waals surface area contributed by atoms with Gasteiger partial charge in [-0.2, -0.15) is 0 Å². The molecule has 0 rings (SSSR count). The molecule has 69 heavy (non-hydrogen) atoms. The number of allylic oxidation sites excluding steroid dienone is 3. The van der Waals surface area contributed by atoms with E-state index in [0.29, 0.717) is 19.4 Å². The fraction of sp³-hybridized carbons (Fsp3) is 0.905. The number of aliphatic hydroxyl groups is 2. The summed E-state index contributed by atoms with van der Waals surface area (Å²) >= 11 is 0. The maximum atomic E-state index is 12.5. The highest BCUT2D eigenvalue weighted by Gasteiger charge is 2.18. The molecule has 0 saturated heterocycles. The summed E-state index contributed by atoms with van der Waals surface area (Å²) in [6.45, 7) is 4.90. The summed E-state index contributed by atoms with van der Waals surface area (Å²) in [5, 5.41) is 23.1. The lowest BCUT2D eigenvalue weighted by Gasteiger charge is -2.20. The van der Waals surface area contributed by atoms with Gasteiger partial charge in [0.25, 0.3) is 0 Å². The van der Waals surface area contributed by atoms with Gasteiger partial charge in [0.05, 0.1) is 25.4 Å². The molecule has 0 aliphatic heterocycles. The molecule has 0 saturated carbocycles. The number of hydrogen-bond acceptors (Lipinski definition) is 5. The summed E-state index contributed by atoms with van der Waals surface area (Å²) < 4.78 is 5.47. The van der Waals surface area contributed by atoms with Crippen molar-refractivity contribution in [2.75, 3.05) is 13.2 Å². The summed E-state index contributed by atoms with van der Waals surface area (Å²) in [7, 11) is 0. The van der Waals surface area contributed by atoms with Gasteiger partial charge in [-0.3, -0.25) is 9.59 Å². The van der Waals surface area contributed by atoms with Crippen molar-refractivity contribution in [3.63, 3.8) is 0 Å². The topological polar surface area (TPSA) is 95.9 Å². The van der Waals surface area contributed by atoms with Gasteiger partial charge in [-0.1, -0.05) is 295 Å². The second-order valence-electron chi connectivity index (χ2n) is 21.4. The number of carbonyl (C=O) groups excluding carboxylic acids is 2. The molecule has 0 fully saturated rings. The van der Waals surface area contributed by atoms with Crippen LogP contribution >= 0.6 is 0 Å². The molecule has 2 atom stereocenters. The first-order chi connectivity index (χ1) is 34.0. The third-order valence-electron chi connectivity index (χ3n) is 14.5. The van der Waals surface area contributed by atoms with Gasteiger partial charge in [0, 0.05) is 12.8 Å². The Morgan fingerprint density at radius 2 is 0.681 bits per heavy atom. The number of nitrogens with one attached hydrogen (secondary N) is 1. The second-order valence-corrected chi connectivity index (χ2v) is 21.4. The van der Waals surface area contributed by atoms with E-state index in [9.17, 15) is 19.8 Å². The molecular formula is C63H121NO5. The number of carbonyl (C=O) groups is 2. The highest BCUT2D eigenvalue weighted by atomic mass is 16.5. The molecule has 3 N–H and O–H groups in total. The molecule has 0 aromatic heterocycles. The van der Waals surface area contributed by atoms with Crippen LogP contribution in [0.2, 0.25) is 0 Å². The van der Waals surface area contributed by atoms with E-state index in [0.717, 1.165) is 44.9 Å². The largest absolute Gasteiger partial charge is 0.466 e. The fourth-order valence-electron chi connectivity index (χ4n) is 9.69. The number of unbranched alkanes of at least 4 members (excludes halogenated alkanes) is 45. The molecule has 6 nitrogen and oxygen atoms in total.